The summed E-state index contributed by atoms with van der Waals surface area (Å²) in [5.41, 5.74) is 1.70. The minimum atomic E-state index is 0.195. The summed E-state index contributed by atoms with van der Waals surface area (Å²) in [4.78, 5) is 1.49. The van der Waals surface area contributed by atoms with Crippen LogP contribution in [0.25, 0.3) is 0 Å². The highest BCUT2D eigenvalue weighted by Gasteiger charge is 2.36. The van der Waals surface area contributed by atoms with Crippen molar-refractivity contribution in [2.24, 2.45) is 0 Å². The first-order chi connectivity index (χ1) is 8.75. The third-order valence-electron chi connectivity index (χ3n) is 4.14. The van der Waals surface area contributed by atoms with E-state index in [9.17, 15) is 0 Å². The molecule has 1 N–H and O–H groups in total. The smallest absolute Gasteiger partial charge is 0.0586 e. The topological polar surface area (TPSA) is 12.0 Å². The van der Waals surface area contributed by atoms with Gasteiger partial charge in [-0.15, -0.1) is 11.8 Å². The molecule has 1 heterocycles. The maximum Gasteiger partial charge on any atom is 0.0586 e. The first kappa shape index (κ1) is 14.0. The number of rotatable bonds is 5. The lowest BCUT2D eigenvalue weighted by Gasteiger charge is -2.43. The van der Waals surface area contributed by atoms with E-state index in [0.29, 0.717) is 5.37 Å². The van der Waals surface area contributed by atoms with Crippen LogP contribution in [0.4, 0.5) is 0 Å². The van der Waals surface area contributed by atoms with Gasteiger partial charge in [0.05, 0.1) is 5.37 Å². The highest BCUT2D eigenvalue weighted by molar-refractivity contribution is 8.00. The van der Waals surface area contributed by atoms with Crippen LogP contribution >= 0.6 is 11.8 Å². The van der Waals surface area contributed by atoms with Gasteiger partial charge in [-0.05, 0) is 30.9 Å². The van der Waals surface area contributed by atoms with Crippen LogP contribution in [0, 0.1) is 0 Å². The Morgan fingerprint density at radius 2 is 1.89 bits per heavy atom. The molecule has 1 aromatic rings. The number of unbranched alkanes of at least 4 members (excludes halogenated alkanes) is 1. The van der Waals surface area contributed by atoms with Gasteiger partial charge < -0.3 is 0 Å². The van der Waals surface area contributed by atoms with Gasteiger partial charge in [-0.1, -0.05) is 51.8 Å². The van der Waals surface area contributed by atoms with Gasteiger partial charge in [0.2, 0.25) is 0 Å². The van der Waals surface area contributed by atoms with Crippen molar-refractivity contribution in [1.29, 1.82) is 0 Å². The van der Waals surface area contributed by atoms with E-state index in [1.165, 1.54) is 42.6 Å². The van der Waals surface area contributed by atoms with Gasteiger partial charge in [-0.25, -0.2) is 0 Å². The average molecular weight is 263 g/mol. The minimum absolute atomic E-state index is 0.195. The molecule has 1 unspecified atom stereocenters. The normalized spacial score (nSPS) is 21.6. The van der Waals surface area contributed by atoms with E-state index >= 15 is 0 Å². The predicted molar refractivity (Wildman–Crippen MR) is 81.0 cm³/mol. The van der Waals surface area contributed by atoms with Crippen molar-refractivity contribution in [3.8, 4) is 0 Å². The zero-order valence-electron chi connectivity index (χ0n) is 11.8. The molecule has 100 valence electrons. The summed E-state index contributed by atoms with van der Waals surface area (Å²) in [7, 11) is 0. The van der Waals surface area contributed by atoms with Crippen LogP contribution in [0.2, 0.25) is 0 Å². The summed E-state index contributed by atoms with van der Waals surface area (Å²) in [6, 6.07) is 8.94. The van der Waals surface area contributed by atoms with E-state index in [4.69, 9.17) is 0 Å². The maximum atomic E-state index is 3.92. The van der Waals surface area contributed by atoms with Gasteiger partial charge in [-0.3, -0.25) is 5.32 Å². The summed E-state index contributed by atoms with van der Waals surface area (Å²) in [5, 5.41) is 4.50. The number of benzene rings is 1. The molecule has 1 atom stereocenters. The molecule has 1 aliphatic heterocycles. The molecule has 18 heavy (non-hydrogen) atoms. The minimum Gasteiger partial charge on any atom is -0.295 e. The van der Waals surface area contributed by atoms with Crippen LogP contribution in [0.15, 0.2) is 29.2 Å². The largest absolute Gasteiger partial charge is 0.295 e. The van der Waals surface area contributed by atoms with Gasteiger partial charge in [0.15, 0.2) is 0 Å². The van der Waals surface area contributed by atoms with Crippen LogP contribution in [-0.4, -0.2) is 5.37 Å². The zero-order valence-corrected chi connectivity index (χ0v) is 12.6. The molecule has 2 rings (SSSR count). The Hall–Kier alpha value is -0.470. The zero-order chi connectivity index (χ0) is 13.0. The summed E-state index contributed by atoms with van der Waals surface area (Å²) >= 11 is 2.02. The number of hydrogen-bond donors (Lipinski definition) is 1. The van der Waals surface area contributed by atoms with Crippen molar-refractivity contribution in [1.82, 2.24) is 5.32 Å². The van der Waals surface area contributed by atoms with E-state index in [1.54, 1.807) is 0 Å². The Labute approximate surface area is 116 Å². The van der Waals surface area contributed by atoms with Gasteiger partial charge in [0.25, 0.3) is 0 Å². The summed E-state index contributed by atoms with van der Waals surface area (Å²) in [5.74, 6) is 0. The van der Waals surface area contributed by atoms with Gasteiger partial charge in [-0.2, -0.15) is 0 Å². The monoisotopic (exact) mass is 263 g/mol. The van der Waals surface area contributed by atoms with Crippen molar-refractivity contribution in [3.63, 3.8) is 0 Å². The molecule has 2 heteroatoms. The molecule has 0 saturated heterocycles. The Morgan fingerprint density at radius 1 is 1.17 bits per heavy atom. The van der Waals surface area contributed by atoms with Crippen molar-refractivity contribution < 1.29 is 0 Å². The molecule has 1 aromatic carbocycles. The number of thioether (sulfide) groups is 1. The fraction of sp³-hybridized carbons (Fsp3) is 0.625. The Kier molecular flexibility index (Phi) is 4.74. The number of fused-ring (bicyclic) bond motifs is 1. The van der Waals surface area contributed by atoms with Crippen molar-refractivity contribution >= 4 is 11.8 Å². The van der Waals surface area contributed by atoms with Gasteiger partial charge in [0, 0.05) is 10.4 Å². The lowest BCUT2D eigenvalue weighted by Crippen LogP contribution is -2.49. The summed E-state index contributed by atoms with van der Waals surface area (Å²) in [6.07, 6.45) is 6.21. The van der Waals surface area contributed by atoms with E-state index < -0.39 is 0 Å². The first-order valence-corrected chi connectivity index (χ1v) is 8.17. The molecule has 1 aliphatic rings. The van der Waals surface area contributed by atoms with Crippen LogP contribution in [-0.2, 0) is 5.54 Å². The molecule has 0 saturated carbocycles. The number of hydrogen-bond acceptors (Lipinski definition) is 2. The van der Waals surface area contributed by atoms with E-state index in [0.717, 1.165) is 0 Å². The fourth-order valence-electron chi connectivity index (χ4n) is 2.89. The van der Waals surface area contributed by atoms with E-state index in [1.807, 2.05) is 11.8 Å². The van der Waals surface area contributed by atoms with Crippen molar-refractivity contribution in [2.45, 2.75) is 68.7 Å². The molecular formula is C16H25NS. The number of nitrogens with one attached hydrogen (secondary N) is 1. The molecule has 0 spiro atoms. The highest BCUT2D eigenvalue weighted by Crippen LogP contribution is 2.43. The lowest BCUT2D eigenvalue weighted by molar-refractivity contribution is 0.283. The molecule has 0 aliphatic carbocycles. The Morgan fingerprint density at radius 3 is 2.56 bits per heavy atom. The fourth-order valence-corrected chi connectivity index (χ4v) is 4.31. The van der Waals surface area contributed by atoms with E-state index in [2.05, 4.69) is 50.4 Å². The standard InChI is InChI=1S/C16H25NS/c1-4-7-12-15-17-16(5-2,6-3)13-10-8-9-11-14(13)18-15/h8-11,15,17H,4-7,12H2,1-3H3. The molecule has 0 bridgehead atoms. The van der Waals surface area contributed by atoms with Crippen LogP contribution in [0.3, 0.4) is 0 Å². The lowest BCUT2D eigenvalue weighted by atomic mass is 9.84. The highest BCUT2D eigenvalue weighted by atomic mass is 32.2. The van der Waals surface area contributed by atoms with Crippen molar-refractivity contribution in [3.05, 3.63) is 29.8 Å². The molecule has 0 amide bonds. The second-order valence-corrected chi connectivity index (χ2v) is 6.42. The predicted octanol–water partition coefficient (Wildman–Crippen LogP) is 4.91. The summed E-state index contributed by atoms with van der Waals surface area (Å²) < 4.78 is 0. The van der Waals surface area contributed by atoms with Gasteiger partial charge in [0.1, 0.15) is 0 Å². The molecule has 1 nitrogen and oxygen atoms in total. The van der Waals surface area contributed by atoms with Gasteiger partial charge >= 0.3 is 0 Å². The molecule has 0 aromatic heterocycles. The molecular weight excluding hydrogens is 238 g/mol. The summed E-state index contributed by atoms with van der Waals surface area (Å²) in [6.45, 7) is 6.88. The molecule has 0 fully saturated rings. The quantitative estimate of drug-likeness (QED) is 0.809. The maximum absolute atomic E-state index is 3.92. The van der Waals surface area contributed by atoms with E-state index in [-0.39, 0.29) is 5.54 Å². The Bertz CT molecular complexity index is 384. The second-order valence-electron chi connectivity index (χ2n) is 5.18. The Balaban J connectivity index is 2.29. The molecule has 0 radical (unpaired) electrons. The van der Waals surface area contributed by atoms with Crippen LogP contribution < -0.4 is 5.32 Å². The first-order valence-electron chi connectivity index (χ1n) is 7.29. The average Bonchev–Trinajstić information content (AvgIpc) is 2.44. The second kappa shape index (κ2) is 6.12. The van der Waals surface area contributed by atoms with Crippen molar-refractivity contribution in [2.75, 3.05) is 0 Å². The van der Waals surface area contributed by atoms with Crippen LogP contribution in [0.5, 0.6) is 0 Å². The SMILES string of the molecule is CCCCC1NC(CC)(CC)c2ccccc2S1. The third-order valence-corrected chi connectivity index (χ3v) is 5.38. The van der Waals surface area contributed by atoms with Crippen LogP contribution in [0.1, 0.15) is 58.4 Å². The third kappa shape index (κ3) is 2.60.